The van der Waals surface area contributed by atoms with E-state index in [0.29, 0.717) is 11.3 Å². The minimum absolute atomic E-state index is 0.0160. The fraction of sp³-hybridized carbons (Fsp3) is 0.423. The number of aliphatic hydroxyl groups excluding tert-OH is 1. The van der Waals surface area contributed by atoms with Crippen molar-refractivity contribution in [3.63, 3.8) is 0 Å². The Morgan fingerprint density at radius 3 is 2.34 bits per heavy atom. The minimum atomic E-state index is -0.653. The number of Topliss-reactive ketones (excluding diaryl/α,β-unsaturated/α-hetero) is 1. The van der Waals surface area contributed by atoms with Crippen molar-refractivity contribution in [1.82, 2.24) is 9.88 Å². The first-order valence-electron chi connectivity index (χ1n) is 11.1. The van der Waals surface area contributed by atoms with Gasteiger partial charge in [0.05, 0.1) is 24.3 Å². The molecule has 1 aliphatic heterocycles. The van der Waals surface area contributed by atoms with Crippen LogP contribution in [0.15, 0.2) is 48.3 Å². The van der Waals surface area contributed by atoms with E-state index in [1.807, 2.05) is 12.1 Å². The van der Waals surface area contributed by atoms with Crippen molar-refractivity contribution in [3.8, 4) is 5.75 Å². The maximum Gasteiger partial charge on any atom is 0.295 e. The maximum atomic E-state index is 13.3. The molecule has 1 aliphatic carbocycles. The molecule has 2 heterocycles. The predicted molar refractivity (Wildman–Crippen MR) is 122 cm³/mol. The Labute approximate surface area is 188 Å². The van der Waals surface area contributed by atoms with Gasteiger partial charge in [-0.1, -0.05) is 39.7 Å². The molecule has 1 atom stereocenters. The average molecular weight is 435 g/mol. The zero-order valence-electron chi connectivity index (χ0n) is 19.1. The Morgan fingerprint density at radius 1 is 1.09 bits per heavy atom. The quantitative estimate of drug-likeness (QED) is 0.427. The number of ketones is 1. The number of amides is 1. The Bertz CT molecular complexity index is 1060. The average Bonchev–Trinajstić information content (AvgIpc) is 3.39. The number of likely N-dealkylation sites (tertiary alicyclic amines) is 1. The van der Waals surface area contributed by atoms with Gasteiger partial charge in [0.1, 0.15) is 11.5 Å². The zero-order valence-corrected chi connectivity index (χ0v) is 19.1. The van der Waals surface area contributed by atoms with Crippen LogP contribution in [0.3, 0.4) is 0 Å². The summed E-state index contributed by atoms with van der Waals surface area (Å²) in [5.41, 5.74) is 2.12. The highest BCUT2D eigenvalue weighted by molar-refractivity contribution is 6.46. The van der Waals surface area contributed by atoms with Gasteiger partial charge in [0.2, 0.25) is 0 Å². The third kappa shape index (κ3) is 3.78. The van der Waals surface area contributed by atoms with E-state index in [4.69, 9.17) is 4.74 Å². The van der Waals surface area contributed by atoms with Crippen molar-refractivity contribution in [2.24, 2.45) is 0 Å². The van der Waals surface area contributed by atoms with Crippen LogP contribution < -0.4 is 4.74 Å². The van der Waals surface area contributed by atoms with Gasteiger partial charge in [-0.15, -0.1) is 0 Å². The molecule has 0 spiro atoms. The van der Waals surface area contributed by atoms with E-state index in [2.05, 4.69) is 25.8 Å². The molecule has 6 nitrogen and oxygen atoms in total. The third-order valence-electron chi connectivity index (χ3n) is 6.54. The first kappa shape index (κ1) is 22.1. The Balaban J connectivity index is 1.93. The monoisotopic (exact) mass is 434 g/mol. The number of carbonyl (C=O) groups excluding carboxylic acids is 2. The summed E-state index contributed by atoms with van der Waals surface area (Å²) < 4.78 is 5.51. The topological polar surface area (TPSA) is 79.7 Å². The van der Waals surface area contributed by atoms with Crippen molar-refractivity contribution < 1.29 is 19.4 Å². The lowest BCUT2D eigenvalue weighted by Crippen LogP contribution is -2.37. The van der Waals surface area contributed by atoms with Gasteiger partial charge in [0.25, 0.3) is 11.7 Å². The van der Waals surface area contributed by atoms with Crippen molar-refractivity contribution in [3.05, 3.63) is 65.0 Å². The number of hydrogen-bond acceptors (Lipinski definition) is 5. The minimum Gasteiger partial charge on any atom is -0.507 e. The van der Waals surface area contributed by atoms with Crippen LogP contribution in [0.2, 0.25) is 0 Å². The molecule has 1 saturated heterocycles. The molecule has 0 bridgehead atoms. The fourth-order valence-corrected chi connectivity index (χ4v) is 4.79. The second-order valence-electron chi connectivity index (χ2n) is 9.59. The van der Waals surface area contributed by atoms with Gasteiger partial charge in [-0.2, -0.15) is 0 Å². The molecule has 4 rings (SSSR count). The van der Waals surface area contributed by atoms with Crippen molar-refractivity contribution >= 4 is 17.4 Å². The van der Waals surface area contributed by atoms with Gasteiger partial charge in [-0.05, 0) is 53.6 Å². The van der Waals surface area contributed by atoms with E-state index in [-0.39, 0.29) is 22.8 Å². The first-order chi connectivity index (χ1) is 15.2. The lowest BCUT2D eigenvalue weighted by atomic mass is 9.85. The fourth-order valence-electron chi connectivity index (χ4n) is 4.79. The maximum absolute atomic E-state index is 13.3. The molecule has 32 heavy (non-hydrogen) atoms. The van der Waals surface area contributed by atoms with Crippen LogP contribution in [0.25, 0.3) is 5.76 Å². The zero-order chi connectivity index (χ0) is 23.0. The third-order valence-corrected chi connectivity index (χ3v) is 6.54. The van der Waals surface area contributed by atoms with E-state index >= 15 is 0 Å². The first-order valence-corrected chi connectivity index (χ1v) is 11.1. The number of aliphatic hydroxyl groups is 1. The number of methoxy groups -OCH3 is 1. The summed E-state index contributed by atoms with van der Waals surface area (Å²) in [7, 11) is 1.53. The number of aromatic nitrogens is 1. The van der Waals surface area contributed by atoms with E-state index in [1.54, 1.807) is 35.5 Å². The van der Waals surface area contributed by atoms with E-state index in [0.717, 1.165) is 36.8 Å². The molecule has 1 aromatic heterocycles. The standard InChI is InChI=1S/C26H30N2O4/c1-26(2,3)17-9-10-20(32-4)19(15-17)23(29)21-22(16-11-13-27-14-12-16)28(25(31)24(21)30)18-7-5-6-8-18/h9-15,18,22,29H,5-8H2,1-4H3/b23-21+. The molecule has 2 aromatic rings. The molecular formula is C26H30N2O4. The number of ether oxygens (including phenoxy) is 1. The summed E-state index contributed by atoms with van der Waals surface area (Å²) in [6, 6.07) is 8.53. The van der Waals surface area contributed by atoms with Gasteiger partial charge < -0.3 is 14.7 Å². The van der Waals surface area contributed by atoms with Crippen molar-refractivity contribution in [2.75, 3.05) is 7.11 Å². The van der Waals surface area contributed by atoms with Crippen LogP contribution in [0.4, 0.5) is 0 Å². The van der Waals surface area contributed by atoms with Crippen molar-refractivity contribution in [2.45, 2.75) is 64.0 Å². The smallest absolute Gasteiger partial charge is 0.295 e. The Kier molecular flexibility index (Phi) is 5.80. The number of rotatable bonds is 4. The van der Waals surface area contributed by atoms with E-state index < -0.39 is 17.7 Å². The molecule has 1 aromatic carbocycles. The van der Waals surface area contributed by atoms with Crippen LogP contribution in [-0.2, 0) is 15.0 Å². The number of hydrogen-bond donors (Lipinski definition) is 1. The van der Waals surface area contributed by atoms with E-state index in [1.165, 1.54) is 7.11 Å². The number of pyridine rings is 1. The Hall–Kier alpha value is -3.15. The highest BCUT2D eigenvalue weighted by Crippen LogP contribution is 2.44. The normalized spacial score (nSPS) is 21.4. The summed E-state index contributed by atoms with van der Waals surface area (Å²) in [5.74, 6) is -0.949. The molecule has 2 aliphatic rings. The van der Waals surface area contributed by atoms with E-state index in [9.17, 15) is 14.7 Å². The lowest BCUT2D eigenvalue weighted by Gasteiger charge is -2.30. The van der Waals surface area contributed by atoms with Crippen LogP contribution in [0.5, 0.6) is 5.75 Å². The molecule has 1 saturated carbocycles. The number of carbonyl (C=O) groups is 2. The molecule has 6 heteroatoms. The SMILES string of the molecule is COc1ccc(C(C)(C)C)cc1/C(O)=C1\C(=O)C(=O)N(C2CCCC2)C1c1ccncc1. The van der Waals surface area contributed by atoms with Crippen LogP contribution in [0.1, 0.15) is 69.2 Å². The molecular weight excluding hydrogens is 404 g/mol. The second-order valence-corrected chi connectivity index (χ2v) is 9.59. The number of benzene rings is 1. The van der Waals surface area contributed by atoms with Crippen LogP contribution in [0, 0.1) is 0 Å². The van der Waals surface area contributed by atoms with Gasteiger partial charge >= 0.3 is 0 Å². The summed E-state index contributed by atoms with van der Waals surface area (Å²) in [5, 5.41) is 11.5. The predicted octanol–water partition coefficient (Wildman–Crippen LogP) is 4.75. The summed E-state index contributed by atoms with van der Waals surface area (Å²) in [6.45, 7) is 6.23. The number of nitrogens with zero attached hydrogens (tertiary/aromatic N) is 2. The van der Waals surface area contributed by atoms with Gasteiger partial charge in [0, 0.05) is 18.4 Å². The van der Waals surface area contributed by atoms with Crippen LogP contribution in [-0.4, -0.2) is 39.8 Å². The van der Waals surface area contributed by atoms with Gasteiger partial charge in [-0.3, -0.25) is 14.6 Å². The van der Waals surface area contributed by atoms with Crippen LogP contribution >= 0.6 is 0 Å². The van der Waals surface area contributed by atoms with Gasteiger partial charge in [-0.25, -0.2) is 0 Å². The molecule has 1 amide bonds. The van der Waals surface area contributed by atoms with Crippen molar-refractivity contribution in [1.29, 1.82) is 0 Å². The lowest BCUT2D eigenvalue weighted by molar-refractivity contribution is -0.141. The largest absolute Gasteiger partial charge is 0.507 e. The molecule has 2 fully saturated rings. The summed E-state index contributed by atoms with van der Waals surface area (Å²) >= 11 is 0. The Morgan fingerprint density at radius 2 is 1.75 bits per heavy atom. The summed E-state index contributed by atoms with van der Waals surface area (Å²) in [6.07, 6.45) is 7.06. The molecule has 168 valence electrons. The molecule has 0 radical (unpaired) electrons. The highest BCUT2D eigenvalue weighted by atomic mass is 16.5. The second kappa shape index (κ2) is 8.41. The molecule has 1 unspecified atom stereocenters. The highest BCUT2D eigenvalue weighted by Gasteiger charge is 2.49. The van der Waals surface area contributed by atoms with Gasteiger partial charge in [0.15, 0.2) is 0 Å². The summed E-state index contributed by atoms with van der Waals surface area (Å²) in [4.78, 5) is 32.2. The molecule has 1 N–H and O–H groups in total.